The number of likely N-dealkylation sites (tertiary alicyclic amines) is 1. The van der Waals surface area contributed by atoms with Gasteiger partial charge in [0, 0.05) is 29.7 Å². The molecule has 3 rings (SSSR count). The van der Waals surface area contributed by atoms with E-state index >= 15 is 0 Å². The van der Waals surface area contributed by atoms with Crippen molar-refractivity contribution in [1.29, 1.82) is 0 Å². The lowest BCUT2D eigenvalue weighted by Crippen LogP contribution is -2.50. The van der Waals surface area contributed by atoms with Crippen LogP contribution < -0.4 is 0 Å². The molecule has 1 aromatic rings. The number of carbonyl (C=O) groups excluding carboxylic acids is 2. The molecule has 0 saturated carbocycles. The van der Waals surface area contributed by atoms with Gasteiger partial charge in [0.1, 0.15) is 5.60 Å². The fourth-order valence-electron chi connectivity index (χ4n) is 3.31. The van der Waals surface area contributed by atoms with E-state index in [1.807, 2.05) is 43.9 Å². The zero-order chi connectivity index (χ0) is 17.5. The number of carbonyl (C=O) groups is 2. The molecule has 2 aliphatic heterocycles. The van der Waals surface area contributed by atoms with Gasteiger partial charge in [-0.2, -0.15) is 0 Å². The van der Waals surface area contributed by atoms with Crippen molar-refractivity contribution in [3.63, 3.8) is 0 Å². The molecule has 0 N–H and O–H groups in total. The zero-order valence-electron chi connectivity index (χ0n) is 14.3. The van der Waals surface area contributed by atoms with E-state index < -0.39 is 5.60 Å². The first-order valence-corrected chi connectivity index (χ1v) is 9.11. The minimum atomic E-state index is -0.504. The Morgan fingerprint density at radius 2 is 2.08 bits per heavy atom. The summed E-state index contributed by atoms with van der Waals surface area (Å²) in [6.45, 7) is 7.43. The van der Waals surface area contributed by atoms with Gasteiger partial charge in [-0.1, -0.05) is 15.9 Å². The quantitative estimate of drug-likeness (QED) is 0.727. The SMILES string of the molecule is CC(C)(C)OC(=O)N1CCCC(N2Cc3cc(Br)ccc3C2=O)C1. The van der Waals surface area contributed by atoms with Gasteiger partial charge >= 0.3 is 6.09 Å². The van der Waals surface area contributed by atoms with E-state index in [-0.39, 0.29) is 18.0 Å². The predicted octanol–water partition coefficient (Wildman–Crippen LogP) is 3.80. The highest BCUT2D eigenvalue weighted by Gasteiger charge is 2.36. The first-order valence-electron chi connectivity index (χ1n) is 8.32. The van der Waals surface area contributed by atoms with E-state index in [0.717, 1.165) is 28.4 Å². The third kappa shape index (κ3) is 3.58. The lowest BCUT2D eigenvalue weighted by Gasteiger charge is -2.38. The second kappa shape index (κ2) is 6.39. The van der Waals surface area contributed by atoms with Crippen molar-refractivity contribution < 1.29 is 14.3 Å². The average molecular weight is 395 g/mol. The molecule has 1 unspecified atom stereocenters. The summed E-state index contributed by atoms with van der Waals surface area (Å²) in [6, 6.07) is 5.82. The third-order valence-corrected chi connectivity index (χ3v) is 4.88. The first kappa shape index (κ1) is 17.3. The monoisotopic (exact) mass is 394 g/mol. The van der Waals surface area contributed by atoms with Gasteiger partial charge in [-0.3, -0.25) is 4.79 Å². The second-order valence-electron chi connectivity index (χ2n) is 7.46. The first-order chi connectivity index (χ1) is 11.2. The number of amides is 2. The Kier molecular flexibility index (Phi) is 4.60. The standard InChI is InChI=1S/C18H23BrN2O3/c1-18(2,3)24-17(23)20-8-4-5-14(11-20)21-10-12-9-13(19)6-7-15(12)16(21)22/h6-7,9,14H,4-5,8,10-11H2,1-3H3. The van der Waals surface area contributed by atoms with Crippen molar-refractivity contribution in [1.82, 2.24) is 9.80 Å². The molecule has 0 aliphatic carbocycles. The number of hydrogen-bond donors (Lipinski definition) is 0. The van der Waals surface area contributed by atoms with Crippen LogP contribution in [0.1, 0.15) is 49.5 Å². The van der Waals surface area contributed by atoms with E-state index in [2.05, 4.69) is 15.9 Å². The maximum absolute atomic E-state index is 12.7. The van der Waals surface area contributed by atoms with E-state index in [4.69, 9.17) is 4.74 Å². The maximum Gasteiger partial charge on any atom is 0.410 e. The van der Waals surface area contributed by atoms with Crippen LogP contribution in [0, 0.1) is 0 Å². The molecule has 1 fully saturated rings. The summed E-state index contributed by atoms with van der Waals surface area (Å²) in [5.41, 5.74) is 1.31. The maximum atomic E-state index is 12.7. The Bertz CT molecular complexity index is 669. The number of hydrogen-bond acceptors (Lipinski definition) is 3. The second-order valence-corrected chi connectivity index (χ2v) is 8.37. The van der Waals surface area contributed by atoms with Crippen molar-refractivity contribution in [2.45, 2.75) is 51.8 Å². The van der Waals surface area contributed by atoms with E-state index in [1.165, 1.54) is 0 Å². The molecule has 2 aliphatic rings. The van der Waals surface area contributed by atoms with Gasteiger partial charge in [-0.15, -0.1) is 0 Å². The third-order valence-electron chi connectivity index (χ3n) is 4.39. The summed E-state index contributed by atoms with van der Waals surface area (Å²) in [5.74, 6) is 0.0635. The number of halogens is 1. The fourth-order valence-corrected chi connectivity index (χ4v) is 3.72. The molecule has 24 heavy (non-hydrogen) atoms. The van der Waals surface area contributed by atoms with Gasteiger partial charge in [-0.05, 0) is 57.4 Å². The summed E-state index contributed by atoms with van der Waals surface area (Å²) < 4.78 is 6.45. The lowest BCUT2D eigenvalue weighted by molar-refractivity contribution is 0.0106. The largest absolute Gasteiger partial charge is 0.444 e. The number of benzene rings is 1. The minimum Gasteiger partial charge on any atom is -0.444 e. The Labute approximate surface area is 151 Å². The van der Waals surface area contributed by atoms with Crippen LogP contribution >= 0.6 is 15.9 Å². The van der Waals surface area contributed by atoms with Crippen molar-refractivity contribution >= 4 is 27.9 Å². The molecule has 0 aromatic heterocycles. The van der Waals surface area contributed by atoms with Crippen molar-refractivity contribution in [2.24, 2.45) is 0 Å². The molecule has 6 heteroatoms. The molecule has 1 atom stereocenters. The van der Waals surface area contributed by atoms with Crippen LogP contribution in [0.25, 0.3) is 0 Å². The normalized spacial score (nSPS) is 21.0. The average Bonchev–Trinajstić information content (AvgIpc) is 2.82. The van der Waals surface area contributed by atoms with Crippen LogP contribution in [0.2, 0.25) is 0 Å². The summed E-state index contributed by atoms with van der Waals surface area (Å²) in [4.78, 5) is 28.6. The molecule has 0 radical (unpaired) electrons. The summed E-state index contributed by atoms with van der Waals surface area (Å²) in [7, 11) is 0. The van der Waals surface area contributed by atoms with Crippen molar-refractivity contribution in [3.05, 3.63) is 33.8 Å². The van der Waals surface area contributed by atoms with E-state index in [0.29, 0.717) is 19.6 Å². The molecular weight excluding hydrogens is 372 g/mol. The van der Waals surface area contributed by atoms with Crippen LogP contribution in [0.5, 0.6) is 0 Å². The number of nitrogens with zero attached hydrogens (tertiary/aromatic N) is 2. The summed E-state index contributed by atoms with van der Waals surface area (Å²) in [6.07, 6.45) is 1.51. The highest BCUT2D eigenvalue weighted by molar-refractivity contribution is 9.10. The van der Waals surface area contributed by atoms with E-state index in [1.54, 1.807) is 4.90 Å². The number of rotatable bonds is 1. The van der Waals surface area contributed by atoms with Crippen LogP contribution in [-0.2, 0) is 11.3 Å². The minimum absolute atomic E-state index is 0.0462. The van der Waals surface area contributed by atoms with Crippen LogP contribution in [0.3, 0.4) is 0 Å². The topological polar surface area (TPSA) is 49.9 Å². The molecular formula is C18H23BrN2O3. The smallest absolute Gasteiger partial charge is 0.410 e. The highest BCUT2D eigenvalue weighted by atomic mass is 79.9. The number of fused-ring (bicyclic) bond motifs is 1. The number of ether oxygens (including phenoxy) is 1. The summed E-state index contributed by atoms with van der Waals surface area (Å²) in [5, 5.41) is 0. The zero-order valence-corrected chi connectivity index (χ0v) is 15.9. The van der Waals surface area contributed by atoms with Crippen molar-refractivity contribution in [2.75, 3.05) is 13.1 Å². The van der Waals surface area contributed by atoms with Gasteiger partial charge in [0.25, 0.3) is 5.91 Å². The Morgan fingerprint density at radius 1 is 1.33 bits per heavy atom. The van der Waals surface area contributed by atoms with Crippen LogP contribution in [0.15, 0.2) is 22.7 Å². The Morgan fingerprint density at radius 3 is 2.79 bits per heavy atom. The van der Waals surface area contributed by atoms with Gasteiger partial charge in [0.15, 0.2) is 0 Å². The molecule has 1 aromatic carbocycles. The molecule has 2 heterocycles. The van der Waals surface area contributed by atoms with Crippen molar-refractivity contribution in [3.8, 4) is 0 Å². The molecule has 130 valence electrons. The highest BCUT2D eigenvalue weighted by Crippen LogP contribution is 2.30. The van der Waals surface area contributed by atoms with Gasteiger partial charge in [-0.25, -0.2) is 4.79 Å². The Hall–Kier alpha value is -1.56. The predicted molar refractivity (Wildman–Crippen MR) is 94.8 cm³/mol. The fraction of sp³-hybridized carbons (Fsp3) is 0.556. The molecule has 2 amide bonds. The van der Waals surface area contributed by atoms with Crippen LogP contribution in [0.4, 0.5) is 4.79 Å². The van der Waals surface area contributed by atoms with Crippen LogP contribution in [-0.4, -0.2) is 46.5 Å². The molecule has 1 saturated heterocycles. The van der Waals surface area contributed by atoms with Gasteiger partial charge in [0.05, 0.1) is 6.04 Å². The molecule has 0 spiro atoms. The van der Waals surface area contributed by atoms with Gasteiger partial charge < -0.3 is 14.5 Å². The summed E-state index contributed by atoms with van der Waals surface area (Å²) >= 11 is 3.46. The Balaban J connectivity index is 1.70. The molecule has 5 nitrogen and oxygen atoms in total. The number of piperidine rings is 1. The van der Waals surface area contributed by atoms with E-state index in [9.17, 15) is 9.59 Å². The van der Waals surface area contributed by atoms with Gasteiger partial charge in [0.2, 0.25) is 0 Å². The lowest BCUT2D eigenvalue weighted by atomic mass is 10.0. The molecule has 0 bridgehead atoms.